The second kappa shape index (κ2) is 9.03. The highest BCUT2D eigenvalue weighted by Gasteiger charge is 2.29. The Hall–Kier alpha value is -0.970. The minimum absolute atomic E-state index is 0.173. The van der Waals surface area contributed by atoms with E-state index >= 15 is 0 Å². The maximum absolute atomic E-state index is 12.1. The van der Waals surface area contributed by atoms with Crippen molar-refractivity contribution >= 4 is 23.6 Å². The molecule has 0 aliphatic carbocycles. The van der Waals surface area contributed by atoms with Gasteiger partial charge in [-0.1, -0.05) is 13.5 Å². The van der Waals surface area contributed by atoms with Crippen molar-refractivity contribution in [3.8, 4) is 0 Å². The molecule has 18 heavy (non-hydrogen) atoms. The molecule has 0 rings (SSSR count). The molecule has 0 unspecified atom stereocenters. The molecule has 0 spiro atoms. The van der Waals surface area contributed by atoms with Crippen LogP contribution in [0.15, 0.2) is 12.2 Å². The Balaban J connectivity index is 5.00. The normalized spacial score (nSPS) is 11.8. The van der Waals surface area contributed by atoms with Crippen LogP contribution in [0, 0.1) is 0 Å². The molecule has 0 saturated heterocycles. The molecule has 0 aromatic rings. The Kier molecular flexibility index (Phi) is 8.54. The highest BCUT2D eigenvalue weighted by molar-refractivity contribution is 7.98. The quantitative estimate of drug-likeness (QED) is 0.502. The molecule has 1 atom stereocenters. The molecule has 0 fully saturated rings. The molecule has 0 radical (unpaired) electrons. The molecule has 0 heterocycles. The van der Waals surface area contributed by atoms with Gasteiger partial charge in [-0.15, -0.1) is 0 Å². The van der Waals surface area contributed by atoms with E-state index in [4.69, 9.17) is 4.74 Å². The SMILES string of the molecule is C=C(C)C(=O)N(CCC)[C@@H](CCSC)C(=O)OC. The van der Waals surface area contributed by atoms with Crippen molar-refractivity contribution in [3.05, 3.63) is 12.2 Å². The summed E-state index contributed by atoms with van der Waals surface area (Å²) in [7, 11) is 1.35. The number of hydrogen-bond donors (Lipinski definition) is 0. The number of carbonyl (C=O) groups is 2. The Labute approximate surface area is 114 Å². The maximum atomic E-state index is 12.1. The van der Waals surface area contributed by atoms with Crippen molar-refractivity contribution in [2.75, 3.05) is 25.7 Å². The summed E-state index contributed by atoms with van der Waals surface area (Å²) in [6, 6.07) is -0.508. The van der Waals surface area contributed by atoms with Crippen molar-refractivity contribution in [1.82, 2.24) is 4.90 Å². The summed E-state index contributed by atoms with van der Waals surface area (Å²) in [6.07, 6.45) is 3.37. The van der Waals surface area contributed by atoms with Gasteiger partial charge in [0.15, 0.2) is 0 Å². The average molecular weight is 273 g/mol. The fourth-order valence-electron chi connectivity index (χ4n) is 1.65. The second-order valence-corrected chi connectivity index (χ2v) is 5.08. The third-order valence-electron chi connectivity index (χ3n) is 2.54. The zero-order valence-electron chi connectivity index (χ0n) is 11.7. The van der Waals surface area contributed by atoms with E-state index in [1.54, 1.807) is 23.6 Å². The molecular weight excluding hydrogens is 250 g/mol. The Morgan fingerprint density at radius 1 is 1.44 bits per heavy atom. The van der Waals surface area contributed by atoms with E-state index in [2.05, 4.69) is 6.58 Å². The van der Waals surface area contributed by atoms with Crippen molar-refractivity contribution in [1.29, 1.82) is 0 Å². The largest absolute Gasteiger partial charge is 0.467 e. The minimum Gasteiger partial charge on any atom is -0.467 e. The minimum atomic E-state index is -0.508. The fraction of sp³-hybridized carbons (Fsp3) is 0.692. The van der Waals surface area contributed by atoms with Gasteiger partial charge in [0, 0.05) is 12.1 Å². The van der Waals surface area contributed by atoms with E-state index in [1.165, 1.54) is 7.11 Å². The first-order valence-electron chi connectivity index (χ1n) is 6.02. The summed E-state index contributed by atoms with van der Waals surface area (Å²) >= 11 is 1.65. The first kappa shape index (κ1) is 17.0. The molecule has 0 N–H and O–H groups in total. The van der Waals surface area contributed by atoms with Gasteiger partial charge in [-0.3, -0.25) is 4.79 Å². The van der Waals surface area contributed by atoms with E-state index in [-0.39, 0.29) is 11.9 Å². The highest BCUT2D eigenvalue weighted by atomic mass is 32.2. The van der Waals surface area contributed by atoms with E-state index in [1.807, 2.05) is 13.2 Å². The lowest BCUT2D eigenvalue weighted by Crippen LogP contribution is -2.46. The summed E-state index contributed by atoms with van der Waals surface area (Å²) in [5, 5.41) is 0. The average Bonchev–Trinajstić information content (AvgIpc) is 2.36. The highest BCUT2D eigenvalue weighted by Crippen LogP contribution is 2.13. The molecule has 0 bridgehead atoms. The molecule has 0 aromatic heterocycles. The van der Waals surface area contributed by atoms with Gasteiger partial charge in [-0.05, 0) is 31.8 Å². The molecule has 104 valence electrons. The van der Waals surface area contributed by atoms with Crippen LogP contribution in [0.1, 0.15) is 26.7 Å². The van der Waals surface area contributed by atoms with E-state index in [0.717, 1.165) is 12.2 Å². The number of rotatable bonds is 8. The Bertz CT molecular complexity index is 305. The van der Waals surface area contributed by atoms with Crippen molar-refractivity contribution < 1.29 is 14.3 Å². The van der Waals surface area contributed by atoms with Crippen LogP contribution >= 0.6 is 11.8 Å². The van der Waals surface area contributed by atoms with Crippen LogP contribution in [-0.4, -0.2) is 48.5 Å². The summed E-state index contributed by atoms with van der Waals surface area (Å²) < 4.78 is 4.79. The maximum Gasteiger partial charge on any atom is 0.328 e. The molecule has 1 amide bonds. The van der Waals surface area contributed by atoms with Crippen LogP contribution in [0.2, 0.25) is 0 Å². The molecule has 0 saturated carbocycles. The monoisotopic (exact) mass is 273 g/mol. The zero-order valence-corrected chi connectivity index (χ0v) is 12.5. The number of methoxy groups -OCH3 is 1. The summed E-state index contributed by atoms with van der Waals surface area (Å²) in [5.41, 5.74) is 0.446. The van der Waals surface area contributed by atoms with E-state index in [0.29, 0.717) is 18.5 Å². The Morgan fingerprint density at radius 2 is 2.06 bits per heavy atom. The van der Waals surface area contributed by atoms with E-state index in [9.17, 15) is 9.59 Å². The van der Waals surface area contributed by atoms with Crippen LogP contribution < -0.4 is 0 Å². The van der Waals surface area contributed by atoms with Crippen molar-refractivity contribution in [2.24, 2.45) is 0 Å². The fourth-order valence-corrected chi connectivity index (χ4v) is 2.11. The van der Waals surface area contributed by atoms with Gasteiger partial charge in [0.25, 0.3) is 0 Å². The van der Waals surface area contributed by atoms with Crippen molar-refractivity contribution in [2.45, 2.75) is 32.7 Å². The lowest BCUT2D eigenvalue weighted by Gasteiger charge is -2.29. The molecule has 0 aromatic carbocycles. The topological polar surface area (TPSA) is 46.6 Å². The number of esters is 1. The Morgan fingerprint density at radius 3 is 2.44 bits per heavy atom. The molecule has 4 nitrogen and oxygen atoms in total. The lowest BCUT2D eigenvalue weighted by molar-refractivity contribution is -0.151. The third kappa shape index (κ3) is 5.12. The third-order valence-corrected chi connectivity index (χ3v) is 3.18. The molecule has 0 aliphatic heterocycles. The number of amides is 1. The predicted octanol–water partition coefficient (Wildman–Crippen LogP) is 2.10. The summed E-state index contributed by atoms with van der Waals surface area (Å²) in [6.45, 7) is 7.83. The number of ether oxygens (including phenoxy) is 1. The molecule has 0 aliphatic rings. The first-order chi connectivity index (χ1) is 8.49. The van der Waals surface area contributed by atoms with Gasteiger partial charge < -0.3 is 9.64 Å². The summed E-state index contributed by atoms with van der Waals surface area (Å²) in [5.74, 6) is 0.282. The first-order valence-corrected chi connectivity index (χ1v) is 7.42. The number of hydrogen-bond acceptors (Lipinski definition) is 4. The van der Waals surface area contributed by atoms with Crippen LogP contribution in [0.25, 0.3) is 0 Å². The predicted molar refractivity (Wildman–Crippen MR) is 75.6 cm³/mol. The molecular formula is C13H23NO3S. The lowest BCUT2D eigenvalue weighted by atomic mass is 10.1. The zero-order chi connectivity index (χ0) is 14.1. The number of nitrogens with zero attached hydrogens (tertiary/aromatic N) is 1. The van der Waals surface area contributed by atoms with Gasteiger partial charge in [-0.2, -0.15) is 11.8 Å². The summed E-state index contributed by atoms with van der Waals surface area (Å²) in [4.78, 5) is 25.4. The van der Waals surface area contributed by atoms with Gasteiger partial charge in [-0.25, -0.2) is 4.79 Å². The number of thioether (sulfide) groups is 1. The van der Waals surface area contributed by atoms with Gasteiger partial charge in [0.1, 0.15) is 6.04 Å². The van der Waals surface area contributed by atoms with Crippen LogP contribution in [0.5, 0.6) is 0 Å². The standard InChI is InChI=1S/C13H23NO3S/c1-6-8-14(12(15)10(2)3)11(7-9-18-5)13(16)17-4/h11H,2,6-9H2,1,3-5H3/t11-/m0/s1. The molecule has 5 heteroatoms. The van der Waals surface area contributed by atoms with Gasteiger partial charge in [0.2, 0.25) is 5.91 Å². The number of carbonyl (C=O) groups excluding carboxylic acids is 2. The van der Waals surface area contributed by atoms with Gasteiger partial charge >= 0.3 is 5.97 Å². The smallest absolute Gasteiger partial charge is 0.328 e. The van der Waals surface area contributed by atoms with Gasteiger partial charge in [0.05, 0.1) is 7.11 Å². The van der Waals surface area contributed by atoms with Crippen LogP contribution in [-0.2, 0) is 14.3 Å². The van der Waals surface area contributed by atoms with Crippen LogP contribution in [0.3, 0.4) is 0 Å². The second-order valence-electron chi connectivity index (χ2n) is 4.10. The van der Waals surface area contributed by atoms with Crippen LogP contribution in [0.4, 0.5) is 0 Å². The van der Waals surface area contributed by atoms with Crippen molar-refractivity contribution in [3.63, 3.8) is 0 Å². The van der Waals surface area contributed by atoms with E-state index < -0.39 is 6.04 Å².